The van der Waals surface area contributed by atoms with Crippen LogP contribution in [0.2, 0.25) is 0 Å². The Bertz CT molecular complexity index is 759. The van der Waals surface area contributed by atoms with Gasteiger partial charge in [-0.3, -0.25) is 0 Å². The second-order valence-corrected chi connectivity index (χ2v) is 6.88. The van der Waals surface area contributed by atoms with Crippen molar-refractivity contribution < 1.29 is 0 Å². The van der Waals surface area contributed by atoms with Crippen LogP contribution in [0, 0.1) is 0 Å². The summed E-state index contributed by atoms with van der Waals surface area (Å²) in [5.74, 6) is 0.522. The van der Waals surface area contributed by atoms with Crippen LogP contribution in [0.4, 0.5) is 0 Å². The summed E-state index contributed by atoms with van der Waals surface area (Å²) in [6.45, 7) is 2.27. The van der Waals surface area contributed by atoms with Gasteiger partial charge in [0, 0.05) is 5.56 Å². The number of aromatic nitrogens is 3. The molecule has 0 aliphatic heterocycles. The van der Waals surface area contributed by atoms with E-state index < -0.39 is 0 Å². The largest absolute Gasteiger partial charge is 0.217 e. The standard InChI is InChI=1S/C13H10BrN3S/c1-7-6-10-11(9-5-3-2-4-8(7)9)15-13-17(10)16-12(14)18-13/h2-5,7H,6H2,1H3. The van der Waals surface area contributed by atoms with E-state index in [0.29, 0.717) is 5.92 Å². The van der Waals surface area contributed by atoms with Gasteiger partial charge in [-0.25, -0.2) is 9.50 Å². The normalized spacial score (nSPS) is 17.8. The van der Waals surface area contributed by atoms with Gasteiger partial charge in [0.25, 0.3) is 0 Å². The molecule has 5 heteroatoms. The maximum atomic E-state index is 4.74. The molecule has 0 saturated carbocycles. The Morgan fingerprint density at radius 2 is 2.22 bits per heavy atom. The lowest BCUT2D eigenvalue weighted by Gasteiger charge is -2.21. The van der Waals surface area contributed by atoms with Gasteiger partial charge in [0.1, 0.15) is 0 Å². The minimum absolute atomic E-state index is 0.522. The highest BCUT2D eigenvalue weighted by atomic mass is 79.9. The second-order valence-electron chi connectivity index (χ2n) is 4.65. The maximum Gasteiger partial charge on any atom is 0.213 e. The Labute approximate surface area is 117 Å². The second kappa shape index (κ2) is 3.65. The molecule has 0 amide bonds. The van der Waals surface area contributed by atoms with Crippen molar-refractivity contribution in [3.05, 3.63) is 39.4 Å². The van der Waals surface area contributed by atoms with E-state index in [1.807, 2.05) is 4.52 Å². The zero-order valence-electron chi connectivity index (χ0n) is 9.72. The summed E-state index contributed by atoms with van der Waals surface area (Å²) >= 11 is 5.00. The fourth-order valence-electron chi connectivity index (χ4n) is 2.71. The van der Waals surface area contributed by atoms with Crippen LogP contribution in [0.1, 0.15) is 24.1 Å². The topological polar surface area (TPSA) is 30.2 Å². The number of fused-ring (bicyclic) bond motifs is 5. The van der Waals surface area contributed by atoms with Gasteiger partial charge < -0.3 is 0 Å². The molecule has 90 valence electrons. The lowest BCUT2D eigenvalue weighted by molar-refractivity contribution is 0.706. The van der Waals surface area contributed by atoms with Gasteiger partial charge in [-0.1, -0.05) is 42.5 Å². The number of hydrogen-bond acceptors (Lipinski definition) is 3. The molecule has 0 bridgehead atoms. The number of hydrogen-bond donors (Lipinski definition) is 0. The predicted molar refractivity (Wildman–Crippen MR) is 76.1 cm³/mol. The van der Waals surface area contributed by atoms with E-state index in [-0.39, 0.29) is 0 Å². The monoisotopic (exact) mass is 319 g/mol. The van der Waals surface area contributed by atoms with Crippen LogP contribution in [0.3, 0.4) is 0 Å². The lowest BCUT2D eigenvalue weighted by Crippen LogP contribution is -2.10. The van der Waals surface area contributed by atoms with E-state index in [1.165, 1.54) is 16.8 Å². The van der Waals surface area contributed by atoms with Crippen LogP contribution in [-0.2, 0) is 6.42 Å². The van der Waals surface area contributed by atoms with E-state index in [9.17, 15) is 0 Å². The van der Waals surface area contributed by atoms with Crippen LogP contribution in [0.25, 0.3) is 16.2 Å². The molecule has 3 nitrogen and oxygen atoms in total. The Morgan fingerprint density at radius 1 is 1.39 bits per heavy atom. The van der Waals surface area contributed by atoms with Crippen molar-refractivity contribution >= 4 is 32.2 Å². The lowest BCUT2D eigenvalue weighted by atomic mass is 9.85. The highest BCUT2D eigenvalue weighted by Gasteiger charge is 2.27. The van der Waals surface area contributed by atoms with Crippen molar-refractivity contribution in [1.29, 1.82) is 0 Å². The zero-order chi connectivity index (χ0) is 12.3. The molecule has 0 N–H and O–H groups in total. The molecular formula is C13H10BrN3S. The van der Waals surface area contributed by atoms with Crippen molar-refractivity contribution in [3.8, 4) is 11.3 Å². The third-order valence-corrected chi connectivity index (χ3v) is 4.86. The molecule has 2 aromatic heterocycles. The first-order valence-electron chi connectivity index (χ1n) is 5.87. The zero-order valence-corrected chi connectivity index (χ0v) is 12.1. The molecule has 1 aliphatic rings. The Morgan fingerprint density at radius 3 is 3.11 bits per heavy atom. The summed E-state index contributed by atoms with van der Waals surface area (Å²) < 4.78 is 2.87. The van der Waals surface area contributed by atoms with Gasteiger partial charge in [0.2, 0.25) is 4.96 Å². The quantitative estimate of drug-likeness (QED) is 0.629. The average Bonchev–Trinajstić information content (AvgIpc) is 2.87. The molecular weight excluding hydrogens is 310 g/mol. The van der Waals surface area contributed by atoms with Crippen molar-refractivity contribution in [2.45, 2.75) is 19.3 Å². The molecule has 1 unspecified atom stereocenters. The predicted octanol–water partition coefficient (Wildman–Crippen LogP) is 3.88. The number of benzene rings is 1. The third kappa shape index (κ3) is 1.34. The van der Waals surface area contributed by atoms with Gasteiger partial charge in [0.05, 0.1) is 11.4 Å². The highest BCUT2D eigenvalue weighted by molar-refractivity contribution is 9.11. The maximum absolute atomic E-state index is 4.74. The smallest absolute Gasteiger partial charge is 0.213 e. The summed E-state index contributed by atoms with van der Waals surface area (Å²) in [7, 11) is 0. The van der Waals surface area contributed by atoms with Crippen LogP contribution in [-0.4, -0.2) is 14.6 Å². The fourth-order valence-corrected chi connectivity index (χ4v) is 3.95. The number of imidazole rings is 1. The third-order valence-electron chi connectivity index (χ3n) is 3.52. The molecule has 1 aliphatic carbocycles. The minimum atomic E-state index is 0.522. The Balaban J connectivity index is 2.08. The average molecular weight is 320 g/mol. The molecule has 0 saturated heterocycles. The molecule has 0 radical (unpaired) electrons. The number of halogens is 1. The van der Waals surface area contributed by atoms with Gasteiger partial charge in [-0.05, 0) is 33.8 Å². The van der Waals surface area contributed by atoms with E-state index in [1.54, 1.807) is 11.3 Å². The summed E-state index contributed by atoms with van der Waals surface area (Å²) in [6, 6.07) is 8.56. The Kier molecular flexibility index (Phi) is 2.17. The van der Waals surface area contributed by atoms with Crippen molar-refractivity contribution in [3.63, 3.8) is 0 Å². The molecule has 1 aromatic carbocycles. The van der Waals surface area contributed by atoms with Gasteiger partial charge >= 0.3 is 0 Å². The van der Waals surface area contributed by atoms with Gasteiger partial charge in [-0.15, -0.1) is 5.10 Å². The molecule has 0 spiro atoms. The summed E-state index contributed by atoms with van der Waals surface area (Å²) in [5, 5.41) is 4.48. The van der Waals surface area contributed by atoms with Crippen LogP contribution in [0.15, 0.2) is 28.2 Å². The molecule has 3 aromatic rings. The summed E-state index contributed by atoms with van der Waals surface area (Å²) in [4.78, 5) is 5.71. The number of nitrogens with zero attached hydrogens (tertiary/aromatic N) is 3. The van der Waals surface area contributed by atoms with E-state index >= 15 is 0 Å². The Hall–Kier alpha value is -1.20. The van der Waals surface area contributed by atoms with Gasteiger partial charge in [-0.2, -0.15) is 0 Å². The molecule has 0 fully saturated rings. The van der Waals surface area contributed by atoms with Crippen LogP contribution in [0.5, 0.6) is 0 Å². The van der Waals surface area contributed by atoms with Crippen molar-refractivity contribution in [2.24, 2.45) is 0 Å². The highest BCUT2D eigenvalue weighted by Crippen LogP contribution is 2.40. The van der Waals surface area contributed by atoms with E-state index in [0.717, 1.165) is 21.0 Å². The van der Waals surface area contributed by atoms with Crippen LogP contribution < -0.4 is 0 Å². The van der Waals surface area contributed by atoms with E-state index in [2.05, 4.69) is 52.2 Å². The molecule has 4 rings (SSSR count). The summed E-state index contributed by atoms with van der Waals surface area (Å²) in [6.07, 6.45) is 1.00. The summed E-state index contributed by atoms with van der Waals surface area (Å²) in [5.41, 5.74) is 5.00. The van der Waals surface area contributed by atoms with Crippen LogP contribution >= 0.6 is 27.3 Å². The molecule has 2 heterocycles. The number of rotatable bonds is 0. The first-order valence-corrected chi connectivity index (χ1v) is 7.48. The molecule has 1 atom stereocenters. The molecule has 18 heavy (non-hydrogen) atoms. The van der Waals surface area contributed by atoms with Crippen molar-refractivity contribution in [2.75, 3.05) is 0 Å². The minimum Gasteiger partial charge on any atom is -0.217 e. The van der Waals surface area contributed by atoms with Crippen molar-refractivity contribution in [1.82, 2.24) is 14.6 Å². The first-order chi connectivity index (χ1) is 8.74. The van der Waals surface area contributed by atoms with E-state index in [4.69, 9.17) is 4.98 Å². The van der Waals surface area contributed by atoms with Gasteiger partial charge in [0.15, 0.2) is 3.92 Å². The first kappa shape index (κ1) is 10.7. The SMILES string of the molecule is CC1Cc2c(nc3sc(Br)nn23)-c2ccccc21. The fraction of sp³-hybridized carbons (Fsp3) is 0.231.